The van der Waals surface area contributed by atoms with Crippen molar-refractivity contribution in [1.82, 2.24) is 15.3 Å². The van der Waals surface area contributed by atoms with E-state index in [-0.39, 0.29) is 5.91 Å². The number of hydrogen-bond donors (Lipinski definition) is 2. The maximum absolute atomic E-state index is 12.1. The molecule has 3 rings (SSSR count). The third-order valence-electron chi connectivity index (χ3n) is 4.16. The van der Waals surface area contributed by atoms with E-state index in [1.807, 2.05) is 6.92 Å². The number of nitrogens with zero attached hydrogens (tertiary/aromatic N) is 2. The van der Waals surface area contributed by atoms with Crippen molar-refractivity contribution < 1.29 is 4.79 Å². The van der Waals surface area contributed by atoms with E-state index in [0.29, 0.717) is 16.9 Å². The molecule has 0 atom stereocenters. The average Bonchev–Trinajstić information content (AvgIpc) is 3.28. The van der Waals surface area contributed by atoms with Gasteiger partial charge >= 0.3 is 0 Å². The van der Waals surface area contributed by atoms with Crippen molar-refractivity contribution in [2.24, 2.45) is 11.3 Å². The van der Waals surface area contributed by atoms with Crippen molar-refractivity contribution in [3.05, 3.63) is 18.1 Å². The van der Waals surface area contributed by atoms with Gasteiger partial charge in [0.2, 0.25) is 0 Å². The van der Waals surface area contributed by atoms with Gasteiger partial charge in [-0.25, -0.2) is 4.98 Å². The molecule has 1 aromatic rings. The first-order valence-electron chi connectivity index (χ1n) is 7.08. The number of rotatable bonds is 6. The maximum atomic E-state index is 12.1. The summed E-state index contributed by atoms with van der Waals surface area (Å²) in [5.41, 5.74) is 0.813. The van der Waals surface area contributed by atoms with E-state index in [2.05, 4.69) is 20.6 Å². The summed E-state index contributed by atoms with van der Waals surface area (Å²) in [6, 6.07) is 0. The predicted molar refractivity (Wildman–Crippen MR) is 72.9 cm³/mol. The first-order chi connectivity index (χ1) is 9.23. The molecule has 2 aliphatic rings. The van der Waals surface area contributed by atoms with E-state index in [9.17, 15) is 4.79 Å². The summed E-state index contributed by atoms with van der Waals surface area (Å²) in [5, 5.41) is 6.09. The molecule has 5 heteroatoms. The summed E-state index contributed by atoms with van der Waals surface area (Å²) in [7, 11) is 0. The Hall–Kier alpha value is -1.65. The molecule has 102 valence electrons. The molecule has 2 aliphatic carbocycles. The summed E-state index contributed by atoms with van der Waals surface area (Å²) in [5.74, 6) is 1.39. The van der Waals surface area contributed by atoms with Crippen LogP contribution in [0.5, 0.6) is 0 Å². The molecule has 1 amide bonds. The molecule has 0 aliphatic heterocycles. The topological polar surface area (TPSA) is 66.9 Å². The Kier molecular flexibility index (Phi) is 3.12. The summed E-state index contributed by atoms with van der Waals surface area (Å²) in [6.07, 6.45) is 8.36. The summed E-state index contributed by atoms with van der Waals surface area (Å²) < 4.78 is 0. The van der Waals surface area contributed by atoms with Crippen LogP contribution in [0, 0.1) is 11.3 Å². The van der Waals surface area contributed by atoms with Crippen LogP contribution in [-0.2, 0) is 0 Å². The Labute approximate surface area is 113 Å². The lowest BCUT2D eigenvalue weighted by atomic mass is 10.0. The molecule has 0 spiro atoms. The molecule has 1 heterocycles. The lowest BCUT2D eigenvalue weighted by molar-refractivity contribution is 0.0937. The molecular weight excluding hydrogens is 240 g/mol. The smallest absolute Gasteiger partial charge is 0.271 e. The van der Waals surface area contributed by atoms with Crippen LogP contribution in [0.1, 0.15) is 43.1 Å². The zero-order valence-corrected chi connectivity index (χ0v) is 11.3. The molecule has 0 saturated heterocycles. The Morgan fingerprint density at radius 2 is 2.21 bits per heavy atom. The summed E-state index contributed by atoms with van der Waals surface area (Å²) in [4.78, 5) is 20.4. The monoisotopic (exact) mass is 260 g/mol. The number of carbonyl (C=O) groups excluding carboxylic acids is 1. The minimum Gasteiger partial charge on any atom is -0.369 e. The van der Waals surface area contributed by atoms with Gasteiger partial charge in [0.1, 0.15) is 11.5 Å². The fraction of sp³-hybridized carbons (Fsp3) is 0.643. The third-order valence-corrected chi connectivity index (χ3v) is 4.16. The van der Waals surface area contributed by atoms with Crippen LogP contribution in [0.15, 0.2) is 12.4 Å². The second kappa shape index (κ2) is 4.79. The highest BCUT2D eigenvalue weighted by atomic mass is 16.1. The molecule has 19 heavy (non-hydrogen) atoms. The lowest BCUT2D eigenvalue weighted by Crippen LogP contribution is -2.31. The zero-order valence-electron chi connectivity index (χ0n) is 11.3. The van der Waals surface area contributed by atoms with Crippen LogP contribution in [-0.4, -0.2) is 29.0 Å². The van der Waals surface area contributed by atoms with Crippen LogP contribution in [0.4, 0.5) is 5.82 Å². The van der Waals surface area contributed by atoms with E-state index in [4.69, 9.17) is 0 Å². The second-order valence-electron chi connectivity index (χ2n) is 5.64. The molecule has 0 unspecified atom stereocenters. The van der Waals surface area contributed by atoms with E-state index in [1.54, 1.807) is 6.20 Å². The fourth-order valence-corrected chi connectivity index (χ4v) is 2.67. The van der Waals surface area contributed by atoms with Gasteiger partial charge < -0.3 is 10.6 Å². The zero-order chi connectivity index (χ0) is 13.3. The van der Waals surface area contributed by atoms with Crippen molar-refractivity contribution in [3.8, 4) is 0 Å². The van der Waals surface area contributed by atoms with Crippen LogP contribution < -0.4 is 10.6 Å². The van der Waals surface area contributed by atoms with E-state index in [0.717, 1.165) is 19.0 Å². The van der Waals surface area contributed by atoms with Crippen molar-refractivity contribution >= 4 is 11.7 Å². The molecular formula is C14H20N4O. The number of hydrogen-bond acceptors (Lipinski definition) is 4. The van der Waals surface area contributed by atoms with Gasteiger partial charge in [0.15, 0.2) is 0 Å². The SMILES string of the molecule is CCNc1cncc(C(=O)NCC2(C3CC3)CC2)n1. The van der Waals surface area contributed by atoms with Gasteiger partial charge in [-0.1, -0.05) is 0 Å². The molecule has 2 saturated carbocycles. The van der Waals surface area contributed by atoms with E-state index in [1.165, 1.54) is 31.9 Å². The van der Waals surface area contributed by atoms with Crippen LogP contribution in [0.25, 0.3) is 0 Å². The quantitative estimate of drug-likeness (QED) is 0.819. The van der Waals surface area contributed by atoms with Gasteiger partial charge in [-0.05, 0) is 43.9 Å². The van der Waals surface area contributed by atoms with Crippen molar-refractivity contribution in [3.63, 3.8) is 0 Å². The van der Waals surface area contributed by atoms with Crippen LogP contribution >= 0.6 is 0 Å². The maximum Gasteiger partial charge on any atom is 0.271 e. The predicted octanol–water partition coefficient (Wildman–Crippen LogP) is 1.83. The first-order valence-corrected chi connectivity index (χ1v) is 7.08. The molecule has 5 nitrogen and oxygen atoms in total. The highest BCUT2D eigenvalue weighted by Crippen LogP contribution is 2.60. The number of nitrogens with one attached hydrogen (secondary N) is 2. The van der Waals surface area contributed by atoms with Gasteiger partial charge in [-0.15, -0.1) is 0 Å². The third kappa shape index (κ3) is 2.69. The molecule has 2 N–H and O–H groups in total. The highest BCUT2D eigenvalue weighted by molar-refractivity contribution is 5.92. The first kappa shape index (κ1) is 12.4. The number of anilines is 1. The molecule has 1 aromatic heterocycles. The number of carbonyl (C=O) groups is 1. The number of aromatic nitrogens is 2. The van der Waals surface area contributed by atoms with E-state index < -0.39 is 0 Å². The Morgan fingerprint density at radius 3 is 2.84 bits per heavy atom. The normalized spacial score (nSPS) is 19.8. The molecule has 0 bridgehead atoms. The standard InChI is InChI=1S/C14H20N4O/c1-2-16-12-8-15-7-11(18-12)13(19)17-9-14(5-6-14)10-3-4-10/h7-8,10H,2-6,9H2,1H3,(H,16,18)(H,17,19). The largest absolute Gasteiger partial charge is 0.369 e. The fourth-order valence-electron chi connectivity index (χ4n) is 2.67. The summed E-state index contributed by atoms with van der Waals surface area (Å²) in [6.45, 7) is 3.55. The minimum absolute atomic E-state index is 0.112. The molecule has 0 radical (unpaired) electrons. The molecule has 0 aromatic carbocycles. The van der Waals surface area contributed by atoms with Gasteiger partial charge in [0, 0.05) is 13.1 Å². The Balaban J connectivity index is 1.59. The Morgan fingerprint density at radius 1 is 1.42 bits per heavy atom. The van der Waals surface area contributed by atoms with Crippen molar-refractivity contribution in [1.29, 1.82) is 0 Å². The second-order valence-corrected chi connectivity index (χ2v) is 5.64. The van der Waals surface area contributed by atoms with Crippen LogP contribution in [0.2, 0.25) is 0 Å². The van der Waals surface area contributed by atoms with Gasteiger partial charge in [0.05, 0.1) is 12.4 Å². The van der Waals surface area contributed by atoms with Gasteiger partial charge in [0.25, 0.3) is 5.91 Å². The minimum atomic E-state index is -0.112. The summed E-state index contributed by atoms with van der Waals surface area (Å²) >= 11 is 0. The lowest BCUT2D eigenvalue weighted by Gasteiger charge is -2.14. The van der Waals surface area contributed by atoms with Crippen molar-refractivity contribution in [2.75, 3.05) is 18.4 Å². The van der Waals surface area contributed by atoms with E-state index >= 15 is 0 Å². The van der Waals surface area contributed by atoms with Crippen LogP contribution in [0.3, 0.4) is 0 Å². The Bertz CT molecular complexity index is 480. The average molecular weight is 260 g/mol. The van der Waals surface area contributed by atoms with Gasteiger partial charge in [-0.2, -0.15) is 0 Å². The van der Waals surface area contributed by atoms with Gasteiger partial charge in [-0.3, -0.25) is 9.78 Å². The van der Waals surface area contributed by atoms with Crippen molar-refractivity contribution in [2.45, 2.75) is 32.6 Å². The molecule has 2 fully saturated rings. The number of amides is 1. The highest BCUT2D eigenvalue weighted by Gasteiger charge is 2.53.